The summed E-state index contributed by atoms with van der Waals surface area (Å²) >= 11 is 1.39. The van der Waals surface area contributed by atoms with Gasteiger partial charge in [-0.15, -0.1) is 11.8 Å². The molecule has 0 aromatic heterocycles. The van der Waals surface area contributed by atoms with E-state index in [1.807, 2.05) is 63.2 Å². The molecule has 0 aliphatic rings. The smallest absolute Gasteiger partial charge is 0.248 e. The van der Waals surface area contributed by atoms with E-state index in [2.05, 4.69) is 10.9 Å². The van der Waals surface area contributed by atoms with Crippen molar-refractivity contribution in [2.45, 2.75) is 38.5 Å². The summed E-state index contributed by atoms with van der Waals surface area (Å²) in [6, 6.07) is 13.5. The Hall–Kier alpha value is -2.60. The number of hydrogen-bond donors (Lipinski definition) is 2. The third-order valence-electron chi connectivity index (χ3n) is 4.00. The molecule has 0 heterocycles. The third kappa shape index (κ3) is 6.90. The van der Waals surface area contributed by atoms with Crippen LogP contribution >= 0.6 is 11.8 Å². The Balaban J connectivity index is 1.70. The molecule has 2 N–H and O–H groups in total. The van der Waals surface area contributed by atoms with Gasteiger partial charge in [-0.3, -0.25) is 25.2 Å². The molecule has 0 spiro atoms. The van der Waals surface area contributed by atoms with Crippen molar-refractivity contribution in [3.63, 3.8) is 0 Å². The van der Waals surface area contributed by atoms with Crippen LogP contribution in [0.2, 0.25) is 0 Å². The standard InChI is InChI=1S/C21H24N2O3S/c1-14-5-8-17(9-6-14)27-13-21(26)23-22-20(25)11-10-19(24)18-12-15(2)4-7-16(18)3/h4-9,12H,10-11,13H2,1-3H3,(H,22,25)(H,23,26). The van der Waals surface area contributed by atoms with E-state index in [1.54, 1.807) is 0 Å². The van der Waals surface area contributed by atoms with E-state index >= 15 is 0 Å². The third-order valence-corrected chi connectivity index (χ3v) is 5.02. The average molecular weight is 385 g/mol. The molecule has 2 rings (SSSR count). The van der Waals surface area contributed by atoms with Crippen LogP contribution in [0.1, 0.15) is 39.9 Å². The van der Waals surface area contributed by atoms with Gasteiger partial charge in [0.1, 0.15) is 0 Å². The first-order chi connectivity index (χ1) is 12.8. The molecular weight excluding hydrogens is 360 g/mol. The monoisotopic (exact) mass is 384 g/mol. The molecule has 0 atom stereocenters. The maximum Gasteiger partial charge on any atom is 0.248 e. The summed E-state index contributed by atoms with van der Waals surface area (Å²) in [5.41, 5.74) is 8.43. The Morgan fingerprint density at radius 3 is 2.15 bits per heavy atom. The zero-order valence-corrected chi connectivity index (χ0v) is 16.6. The summed E-state index contributed by atoms with van der Waals surface area (Å²) in [6.07, 6.45) is 0.127. The zero-order chi connectivity index (χ0) is 19.8. The number of aryl methyl sites for hydroxylation is 3. The average Bonchev–Trinajstić information content (AvgIpc) is 2.65. The second-order valence-corrected chi connectivity index (χ2v) is 7.49. The first-order valence-corrected chi connectivity index (χ1v) is 9.71. The lowest BCUT2D eigenvalue weighted by molar-refractivity contribution is -0.127. The van der Waals surface area contributed by atoms with Crippen molar-refractivity contribution in [3.05, 3.63) is 64.7 Å². The van der Waals surface area contributed by atoms with Gasteiger partial charge in [-0.2, -0.15) is 0 Å². The molecule has 0 radical (unpaired) electrons. The molecule has 0 saturated carbocycles. The van der Waals surface area contributed by atoms with E-state index in [1.165, 1.54) is 11.8 Å². The van der Waals surface area contributed by atoms with Crippen molar-refractivity contribution in [2.24, 2.45) is 0 Å². The van der Waals surface area contributed by atoms with Gasteiger partial charge in [0.15, 0.2) is 5.78 Å². The Labute approximate surface area is 163 Å². The number of ketones is 1. The minimum atomic E-state index is -0.387. The minimum Gasteiger partial charge on any atom is -0.294 e. The van der Waals surface area contributed by atoms with Crippen LogP contribution in [-0.2, 0) is 9.59 Å². The Morgan fingerprint density at radius 2 is 1.44 bits per heavy atom. The Kier molecular flexibility index (Phi) is 7.61. The van der Waals surface area contributed by atoms with Crippen molar-refractivity contribution in [3.8, 4) is 0 Å². The number of carbonyl (C=O) groups is 3. The highest BCUT2D eigenvalue weighted by Crippen LogP contribution is 2.17. The van der Waals surface area contributed by atoms with E-state index in [0.29, 0.717) is 5.56 Å². The van der Waals surface area contributed by atoms with Gasteiger partial charge in [-0.1, -0.05) is 35.4 Å². The second-order valence-electron chi connectivity index (χ2n) is 6.44. The molecule has 6 heteroatoms. The molecule has 2 aromatic rings. The molecule has 0 bridgehead atoms. The number of benzene rings is 2. The predicted molar refractivity (Wildman–Crippen MR) is 108 cm³/mol. The summed E-state index contributed by atoms with van der Waals surface area (Å²) in [5.74, 6) is -0.560. The first kappa shape index (κ1) is 20.7. The molecule has 27 heavy (non-hydrogen) atoms. The summed E-state index contributed by atoms with van der Waals surface area (Å²) in [7, 11) is 0. The first-order valence-electron chi connectivity index (χ1n) is 8.73. The molecule has 0 fully saturated rings. The van der Waals surface area contributed by atoms with Crippen LogP contribution in [0.25, 0.3) is 0 Å². The predicted octanol–water partition coefficient (Wildman–Crippen LogP) is 3.51. The second kappa shape index (κ2) is 9.92. The van der Waals surface area contributed by atoms with Crippen molar-refractivity contribution >= 4 is 29.4 Å². The highest BCUT2D eigenvalue weighted by atomic mass is 32.2. The molecule has 2 aromatic carbocycles. The molecule has 0 saturated heterocycles. The van der Waals surface area contributed by atoms with Gasteiger partial charge >= 0.3 is 0 Å². The molecule has 142 valence electrons. The number of amides is 2. The van der Waals surface area contributed by atoms with Crippen LogP contribution in [0.15, 0.2) is 47.4 Å². The van der Waals surface area contributed by atoms with Gasteiger partial charge in [-0.05, 0) is 44.5 Å². The van der Waals surface area contributed by atoms with Gasteiger partial charge in [0.05, 0.1) is 5.75 Å². The van der Waals surface area contributed by atoms with Gasteiger partial charge in [0, 0.05) is 23.3 Å². The maximum absolute atomic E-state index is 12.3. The SMILES string of the molecule is Cc1ccc(SCC(=O)NNC(=O)CCC(=O)c2cc(C)ccc2C)cc1. The maximum atomic E-state index is 12.3. The topological polar surface area (TPSA) is 75.3 Å². The van der Waals surface area contributed by atoms with Crippen LogP contribution in [0.5, 0.6) is 0 Å². The number of carbonyl (C=O) groups excluding carboxylic acids is 3. The van der Waals surface area contributed by atoms with Crippen molar-refractivity contribution < 1.29 is 14.4 Å². The van der Waals surface area contributed by atoms with Gasteiger partial charge < -0.3 is 0 Å². The molecular formula is C21H24N2O3S. The number of hydrazine groups is 1. The Morgan fingerprint density at radius 1 is 0.815 bits per heavy atom. The normalized spacial score (nSPS) is 10.3. The van der Waals surface area contributed by atoms with E-state index in [9.17, 15) is 14.4 Å². The van der Waals surface area contributed by atoms with Crippen molar-refractivity contribution in [2.75, 3.05) is 5.75 Å². The number of nitrogens with one attached hydrogen (secondary N) is 2. The van der Waals surface area contributed by atoms with E-state index < -0.39 is 0 Å². The van der Waals surface area contributed by atoms with Crippen LogP contribution in [-0.4, -0.2) is 23.4 Å². The lowest BCUT2D eigenvalue weighted by Gasteiger charge is -2.08. The van der Waals surface area contributed by atoms with E-state index in [4.69, 9.17) is 0 Å². The molecule has 0 aliphatic carbocycles. The summed E-state index contributed by atoms with van der Waals surface area (Å²) in [5, 5.41) is 0. The highest BCUT2D eigenvalue weighted by molar-refractivity contribution is 8.00. The lowest BCUT2D eigenvalue weighted by atomic mass is 9.99. The van der Waals surface area contributed by atoms with Crippen LogP contribution in [0.4, 0.5) is 0 Å². The van der Waals surface area contributed by atoms with Crippen LogP contribution in [0, 0.1) is 20.8 Å². The summed E-state index contributed by atoms with van der Waals surface area (Å²) < 4.78 is 0. The number of rotatable bonds is 7. The zero-order valence-electron chi connectivity index (χ0n) is 15.8. The molecule has 2 amide bonds. The van der Waals surface area contributed by atoms with Crippen molar-refractivity contribution in [1.82, 2.24) is 10.9 Å². The fourth-order valence-electron chi connectivity index (χ4n) is 2.42. The number of Topliss-reactive ketones (excluding diaryl/α,β-unsaturated/α-hetero) is 1. The Bertz CT molecular complexity index is 832. The quantitative estimate of drug-likeness (QED) is 0.435. The molecule has 5 nitrogen and oxygen atoms in total. The van der Waals surface area contributed by atoms with Gasteiger partial charge in [0.25, 0.3) is 0 Å². The molecule has 0 aliphatic heterocycles. The largest absolute Gasteiger partial charge is 0.294 e. The van der Waals surface area contributed by atoms with Crippen molar-refractivity contribution in [1.29, 1.82) is 0 Å². The number of hydrogen-bond acceptors (Lipinski definition) is 4. The van der Waals surface area contributed by atoms with Crippen LogP contribution < -0.4 is 10.9 Å². The van der Waals surface area contributed by atoms with E-state index in [0.717, 1.165) is 21.6 Å². The van der Waals surface area contributed by atoms with Gasteiger partial charge in [-0.25, -0.2) is 0 Å². The molecule has 0 unspecified atom stereocenters. The lowest BCUT2D eigenvalue weighted by Crippen LogP contribution is -2.42. The summed E-state index contributed by atoms with van der Waals surface area (Å²) in [6.45, 7) is 5.80. The fourth-order valence-corrected chi connectivity index (χ4v) is 3.12. The fraction of sp³-hybridized carbons (Fsp3) is 0.286. The number of thioether (sulfide) groups is 1. The van der Waals surface area contributed by atoms with Crippen LogP contribution in [0.3, 0.4) is 0 Å². The summed E-state index contributed by atoms with van der Waals surface area (Å²) in [4.78, 5) is 36.9. The minimum absolute atomic E-state index is 0.0254. The van der Waals surface area contributed by atoms with E-state index in [-0.39, 0.29) is 36.2 Å². The highest BCUT2D eigenvalue weighted by Gasteiger charge is 2.12. The van der Waals surface area contributed by atoms with Gasteiger partial charge in [0.2, 0.25) is 11.8 Å².